The number of fused-ring (bicyclic) bond motifs is 11. The fourth-order valence-electron chi connectivity index (χ4n) is 10.6. The molecule has 1 fully saturated rings. The Labute approximate surface area is 316 Å². The molecule has 1 spiro atoms. The Hall–Kier alpha value is -6.06. The molecule has 3 unspecified atom stereocenters. The van der Waals surface area contributed by atoms with E-state index in [-0.39, 0.29) is 5.41 Å². The standard InChI is InChI=1S/C51H42N2O/c1-3-13-34-28-33(2)32-51(34)45-19-10-7-16-39(45)40-25-22-37(30-46(40)51)52(36-24-27-50-44(29-36)43-18-9-12-21-49(43)54-50)38-23-26-42-41-17-8-11-20-47(41)53(48(42)31-38)35-14-5-4-6-15-35/h4-12,14-27,29-31,33-34H,3,13,28,32H2,1-2H3. The fraction of sp³-hybridized carbons (Fsp3) is 0.176. The SMILES string of the molecule is CCCC1CC(C)CC12c1ccccc1-c1ccc(N(c3ccc4oc5ccccc5c4c3)c3ccc4c5ccccc5n(-c5ccccc5)c4c3)cc12. The summed E-state index contributed by atoms with van der Waals surface area (Å²) in [6.07, 6.45) is 4.93. The van der Waals surface area contributed by atoms with Gasteiger partial charge in [-0.15, -0.1) is 0 Å². The second kappa shape index (κ2) is 12.0. The molecule has 0 saturated heterocycles. The number of hydrogen-bond donors (Lipinski definition) is 0. The monoisotopic (exact) mass is 698 g/mol. The van der Waals surface area contributed by atoms with Gasteiger partial charge in [-0.2, -0.15) is 0 Å². The van der Waals surface area contributed by atoms with Gasteiger partial charge in [0.05, 0.1) is 11.0 Å². The predicted octanol–water partition coefficient (Wildman–Crippen LogP) is 14.3. The molecule has 2 heterocycles. The number of benzene rings is 7. The van der Waals surface area contributed by atoms with Crippen LogP contribution >= 0.6 is 0 Å². The Bertz CT molecular complexity index is 2900. The third-order valence-electron chi connectivity index (χ3n) is 12.7. The molecule has 3 atom stereocenters. The van der Waals surface area contributed by atoms with Gasteiger partial charge >= 0.3 is 0 Å². The minimum absolute atomic E-state index is 0.0252. The summed E-state index contributed by atoms with van der Waals surface area (Å²) in [5.41, 5.74) is 14.7. The first-order valence-corrected chi connectivity index (χ1v) is 19.7. The summed E-state index contributed by atoms with van der Waals surface area (Å²) in [5.74, 6) is 1.30. The average Bonchev–Trinajstić information content (AvgIpc) is 3.93. The van der Waals surface area contributed by atoms with Crippen LogP contribution in [0, 0.1) is 11.8 Å². The van der Waals surface area contributed by atoms with Gasteiger partial charge in [0.2, 0.25) is 0 Å². The second-order valence-corrected chi connectivity index (χ2v) is 15.8. The molecule has 11 rings (SSSR count). The van der Waals surface area contributed by atoms with Crippen LogP contribution in [0.2, 0.25) is 0 Å². The Morgan fingerprint density at radius 3 is 2.15 bits per heavy atom. The molecule has 262 valence electrons. The number of para-hydroxylation sites is 3. The van der Waals surface area contributed by atoms with E-state index in [1.807, 2.05) is 6.07 Å². The van der Waals surface area contributed by atoms with Gasteiger partial charge in [-0.05, 0) is 120 Å². The highest BCUT2D eigenvalue weighted by Crippen LogP contribution is 2.62. The quantitative estimate of drug-likeness (QED) is 0.172. The van der Waals surface area contributed by atoms with Crippen LogP contribution in [0.1, 0.15) is 50.7 Å². The zero-order chi connectivity index (χ0) is 36.0. The van der Waals surface area contributed by atoms with Gasteiger partial charge < -0.3 is 13.9 Å². The average molecular weight is 699 g/mol. The van der Waals surface area contributed by atoms with E-state index >= 15 is 0 Å². The minimum atomic E-state index is 0.0252. The lowest BCUT2D eigenvalue weighted by atomic mass is 9.68. The zero-order valence-electron chi connectivity index (χ0n) is 30.8. The Kier molecular flexibility index (Phi) is 6.98. The molecule has 0 amide bonds. The van der Waals surface area contributed by atoms with E-state index in [1.165, 1.54) is 75.4 Å². The predicted molar refractivity (Wildman–Crippen MR) is 226 cm³/mol. The van der Waals surface area contributed by atoms with Crippen molar-refractivity contribution in [3.63, 3.8) is 0 Å². The lowest BCUT2D eigenvalue weighted by Gasteiger charge is -2.35. The van der Waals surface area contributed by atoms with E-state index in [0.29, 0.717) is 11.8 Å². The number of furan rings is 1. The van der Waals surface area contributed by atoms with Crippen LogP contribution in [0.15, 0.2) is 162 Å². The highest BCUT2D eigenvalue weighted by molar-refractivity contribution is 6.11. The van der Waals surface area contributed by atoms with Crippen molar-refractivity contribution in [3.8, 4) is 16.8 Å². The molecule has 2 aliphatic carbocycles. The second-order valence-electron chi connectivity index (χ2n) is 15.8. The first-order valence-electron chi connectivity index (χ1n) is 19.7. The molecule has 2 aliphatic rings. The third-order valence-corrected chi connectivity index (χ3v) is 12.7. The molecule has 0 bridgehead atoms. The number of hydrogen-bond acceptors (Lipinski definition) is 2. The van der Waals surface area contributed by atoms with E-state index in [0.717, 1.165) is 39.0 Å². The number of nitrogens with zero attached hydrogens (tertiary/aromatic N) is 2. The smallest absolute Gasteiger partial charge is 0.135 e. The van der Waals surface area contributed by atoms with Crippen molar-refractivity contribution in [2.24, 2.45) is 11.8 Å². The summed E-state index contributed by atoms with van der Waals surface area (Å²) in [4.78, 5) is 2.48. The Balaban J connectivity index is 1.18. The van der Waals surface area contributed by atoms with Crippen molar-refractivity contribution in [2.75, 3.05) is 4.90 Å². The van der Waals surface area contributed by atoms with Gasteiger partial charge in [0.1, 0.15) is 11.2 Å². The number of aromatic nitrogens is 1. The van der Waals surface area contributed by atoms with Crippen molar-refractivity contribution in [2.45, 2.75) is 44.9 Å². The summed E-state index contributed by atoms with van der Waals surface area (Å²) in [7, 11) is 0. The molecule has 0 radical (unpaired) electrons. The zero-order valence-corrected chi connectivity index (χ0v) is 30.8. The summed E-state index contributed by atoms with van der Waals surface area (Å²) >= 11 is 0. The molecule has 2 aromatic heterocycles. The van der Waals surface area contributed by atoms with Gasteiger partial charge in [0.25, 0.3) is 0 Å². The highest BCUT2D eigenvalue weighted by atomic mass is 16.3. The number of rotatable bonds is 6. The Morgan fingerprint density at radius 2 is 1.26 bits per heavy atom. The van der Waals surface area contributed by atoms with Gasteiger partial charge in [-0.3, -0.25) is 0 Å². The summed E-state index contributed by atoms with van der Waals surface area (Å²) in [6.45, 7) is 4.83. The molecule has 54 heavy (non-hydrogen) atoms. The van der Waals surface area contributed by atoms with Crippen LogP contribution in [0.5, 0.6) is 0 Å². The third kappa shape index (κ3) is 4.48. The van der Waals surface area contributed by atoms with Gasteiger partial charge in [0, 0.05) is 49.7 Å². The van der Waals surface area contributed by atoms with Crippen LogP contribution in [0.3, 0.4) is 0 Å². The molecule has 9 aromatic rings. The van der Waals surface area contributed by atoms with Crippen molar-refractivity contribution < 1.29 is 4.42 Å². The van der Waals surface area contributed by atoms with Crippen LogP contribution in [-0.4, -0.2) is 4.57 Å². The van der Waals surface area contributed by atoms with Crippen molar-refractivity contribution >= 4 is 60.8 Å². The first-order chi connectivity index (χ1) is 26.6. The molecule has 3 nitrogen and oxygen atoms in total. The minimum Gasteiger partial charge on any atom is -0.456 e. The molecule has 0 N–H and O–H groups in total. The van der Waals surface area contributed by atoms with E-state index in [2.05, 4.69) is 175 Å². The van der Waals surface area contributed by atoms with Gasteiger partial charge in [-0.1, -0.05) is 111 Å². The van der Waals surface area contributed by atoms with Crippen molar-refractivity contribution in [3.05, 3.63) is 169 Å². The molecular formula is C51H42N2O. The lowest BCUT2D eigenvalue weighted by Crippen LogP contribution is -2.30. The van der Waals surface area contributed by atoms with E-state index in [1.54, 1.807) is 0 Å². The molecule has 0 aliphatic heterocycles. The van der Waals surface area contributed by atoms with Crippen molar-refractivity contribution in [1.82, 2.24) is 4.57 Å². The normalized spacial score (nSPS) is 19.0. The van der Waals surface area contributed by atoms with E-state index < -0.39 is 0 Å². The van der Waals surface area contributed by atoms with Crippen LogP contribution < -0.4 is 4.90 Å². The maximum atomic E-state index is 6.34. The Morgan fingerprint density at radius 1 is 0.593 bits per heavy atom. The molecule has 1 saturated carbocycles. The van der Waals surface area contributed by atoms with Crippen LogP contribution in [0.25, 0.3) is 60.6 Å². The maximum absolute atomic E-state index is 6.34. The molecular weight excluding hydrogens is 657 g/mol. The summed E-state index contributed by atoms with van der Waals surface area (Å²) in [6, 6.07) is 58.3. The van der Waals surface area contributed by atoms with Gasteiger partial charge in [-0.25, -0.2) is 0 Å². The largest absolute Gasteiger partial charge is 0.456 e. The number of anilines is 3. The highest BCUT2D eigenvalue weighted by Gasteiger charge is 2.52. The van der Waals surface area contributed by atoms with Crippen LogP contribution in [0.4, 0.5) is 17.1 Å². The summed E-state index contributed by atoms with van der Waals surface area (Å²) in [5, 5.41) is 4.78. The molecule has 7 aromatic carbocycles. The van der Waals surface area contributed by atoms with Gasteiger partial charge in [0.15, 0.2) is 0 Å². The fourth-order valence-corrected chi connectivity index (χ4v) is 10.6. The topological polar surface area (TPSA) is 21.3 Å². The molecule has 3 heteroatoms. The summed E-state index contributed by atoms with van der Waals surface area (Å²) < 4.78 is 8.76. The lowest BCUT2D eigenvalue weighted by molar-refractivity contribution is 0.355. The van der Waals surface area contributed by atoms with E-state index in [4.69, 9.17) is 4.42 Å². The maximum Gasteiger partial charge on any atom is 0.135 e. The van der Waals surface area contributed by atoms with Crippen LogP contribution in [-0.2, 0) is 5.41 Å². The van der Waals surface area contributed by atoms with Crippen molar-refractivity contribution in [1.29, 1.82) is 0 Å². The first kappa shape index (κ1) is 31.5. The van der Waals surface area contributed by atoms with E-state index in [9.17, 15) is 0 Å².